The first-order valence-corrected chi connectivity index (χ1v) is 15.5. The summed E-state index contributed by atoms with van der Waals surface area (Å²) in [5.41, 5.74) is 0.266. The van der Waals surface area contributed by atoms with Crippen LogP contribution in [0.5, 0.6) is 5.75 Å². The Kier molecular flexibility index (Phi) is 7.94. The minimum atomic E-state index is -2.01. The number of hydrogen-bond donors (Lipinski definition) is 2. The number of phenols is 1. The van der Waals surface area contributed by atoms with Crippen LogP contribution in [0.2, 0.25) is 0 Å². The van der Waals surface area contributed by atoms with E-state index in [9.17, 15) is 24.6 Å². The van der Waals surface area contributed by atoms with Gasteiger partial charge in [-0.1, -0.05) is 91.0 Å². The second-order valence-corrected chi connectivity index (χ2v) is 12.0. The number of amides is 2. The fourth-order valence-corrected chi connectivity index (χ4v) is 7.76. The van der Waals surface area contributed by atoms with Gasteiger partial charge in [-0.15, -0.1) is 0 Å². The molecule has 2 fully saturated rings. The first-order chi connectivity index (χ1) is 23.3. The molecule has 11 nitrogen and oxygen atoms in total. The zero-order valence-corrected chi connectivity index (χ0v) is 25.8. The highest BCUT2D eigenvalue weighted by Gasteiger charge is 2.76. The Morgan fingerprint density at radius 1 is 0.792 bits per heavy atom. The molecule has 0 saturated carbocycles. The second kappa shape index (κ2) is 12.3. The number of carbonyl (C=O) groups excluding carboxylic acids is 3. The predicted octanol–water partition coefficient (Wildman–Crippen LogP) is 4.93. The van der Waals surface area contributed by atoms with Crippen LogP contribution in [-0.2, 0) is 34.0 Å². The number of carbonyl (C=O) groups is 4. The average Bonchev–Trinajstić information content (AvgIpc) is 3.56. The number of carboxylic acid groups (broad SMARTS) is 1. The Labute approximate surface area is 275 Å². The maximum Gasteiger partial charge on any atom is 0.421 e. The second-order valence-electron chi connectivity index (χ2n) is 12.0. The molecule has 4 aromatic carbocycles. The van der Waals surface area contributed by atoms with Crippen molar-refractivity contribution in [2.45, 2.75) is 29.6 Å². The first kappa shape index (κ1) is 31.1. The standard InChI is InChI=1S/C37H32N2O9/c1-46-20-21-47-36(45)38-27-15-9-8-14-26(27)37(35(38)44)28(33(41)42)30-34(43)48-31(23-12-6-3-7-13-23)29(22-10-4-2-5-11-22)39(30)32(37)24-16-18-25(40)19-17-24/h2-19,28-32,40H,20-21H2,1H3,(H,41,42). The SMILES string of the molecule is COCCOC(=O)N1C(=O)C2(c3ccccc31)C(C(=O)O)C1C(=O)OC(c3ccccc3)C(c3ccccc3)N1C2c1ccc(O)cc1. The Balaban J connectivity index is 1.53. The lowest BCUT2D eigenvalue weighted by Crippen LogP contribution is -2.53. The Morgan fingerprint density at radius 3 is 2.06 bits per heavy atom. The lowest BCUT2D eigenvalue weighted by molar-refractivity contribution is -0.179. The van der Waals surface area contributed by atoms with E-state index in [1.807, 2.05) is 60.7 Å². The van der Waals surface area contributed by atoms with E-state index in [-0.39, 0.29) is 30.2 Å². The number of nitrogens with zero attached hydrogens (tertiary/aromatic N) is 2. The molecule has 0 radical (unpaired) electrons. The summed E-state index contributed by atoms with van der Waals surface area (Å²) in [6, 6.07) is 27.7. The summed E-state index contributed by atoms with van der Waals surface area (Å²) >= 11 is 0. The lowest BCUT2D eigenvalue weighted by Gasteiger charge is -2.46. The highest BCUT2D eigenvalue weighted by atomic mass is 16.6. The van der Waals surface area contributed by atoms with Crippen molar-refractivity contribution in [2.24, 2.45) is 5.92 Å². The minimum Gasteiger partial charge on any atom is -0.508 e. The fraction of sp³-hybridized carbons (Fsp3) is 0.243. The highest BCUT2D eigenvalue weighted by molar-refractivity contribution is 6.23. The van der Waals surface area contributed by atoms with Gasteiger partial charge in [0.2, 0.25) is 5.91 Å². The zero-order chi connectivity index (χ0) is 33.6. The largest absolute Gasteiger partial charge is 0.508 e. The number of imide groups is 1. The highest BCUT2D eigenvalue weighted by Crippen LogP contribution is 2.65. The molecule has 0 bridgehead atoms. The molecule has 0 aliphatic carbocycles. The molecule has 7 rings (SSSR count). The van der Waals surface area contributed by atoms with Gasteiger partial charge in [0.05, 0.1) is 24.4 Å². The Hall–Kier alpha value is -5.52. The van der Waals surface area contributed by atoms with Crippen molar-refractivity contribution < 1.29 is 43.6 Å². The third-order valence-electron chi connectivity index (χ3n) is 9.54. The topological polar surface area (TPSA) is 143 Å². The molecule has 0 aromatic heterocycles. The molecule has 1 spiro atoms. The Bertz CT molecular complexity index is 1870. The number of cyclic esters (lactones) is 1. The number of esters is 1. The maximum atomic E-state index is 15.2. The summed E-state index contributed by atoms with van der Waals surface area (Å²) in [5.74, 6) is -4.81. The van der Waals surface area contributed by atoms with E-state index in [0.717, 1.165) is 10.5 Å². The number of ether oxygens (including phenoxy) is 3. The van der Waals surface area contributed by atoms with E-state index in [0.29, 0.717) is 11.1 Å². The van der Waals surface area contributed by atoms with Crippen molar-refractivity contribution in [2.75, 3.05) is 25.2 Å². The van der Waals surface area contributed by atoms with Crippen LogP contribution >= 0.6 is 0 Å². The molecule has 2 saturated heterocycles. The average molecular weight is 649 g/mol. The van der Waals surface area contributed by atoms with Gasteiger partial charge in [0, 0.05) is 7.11 Å². The summed E-state index contributed by atoms with van der Waals surface area (Å²) < 4.78 is 16.6. The maximum absolute atomic E-state index is 15.2. The molecule has 4 aromatic rings. The van der Waals surface area contributed by atoms with Gasteiger partial charge in [0.1, 0.15) is 35.8 Å². The van der Waals surface area contributed by atoms with Gasteiger partial charge in [-0.3, -0.25) is 19.3 Å². The van der Waals surface area contributed by atoms with E-state index in [1.165, 1.54) is 19.2 Å². The molecule has 3 aliphatic heterocycles. The van der Waals surface area contributed by atoms with Crippen LogP contribution in [-0.4, -0.2) is 65.4 Å². The molecule has 6 atom stereocenters. The molecule has 2 amide bonds. The van der Waals surface area contributed by atoms with Crippen molar-refractivity contribution in [3.63, 3.8) is 0 Å². The van der Waals surface area contributed by atoms with E-state index in [1.54, 1.807) is 41.3 Å². The van der Waals surface area contributed by atoms with Gasteiger partial charge in [-0.25, -0.2) is 9.69 Å². The van der Waals surface area contributed by atoms with Gasteiger partial charge in [0.15, 0.2) is 0 Å². The van der Waals surface area contributed by atoms with Gasteiger partial charge >= 0.3 is 18.0 Å². The van der Waals surface area contributed by atoms with Crippen LogP contribution in [0.25, 0.3) is 0 Å². The third kappa shape index (κ3) is 4.65. The lowest BCUT2D eigenvalue weighted by atomic mass is 9.65. The zero-order valence-electron chi connectivity index (χ0n) is 25.8. The van der Waals surface area contributed by atoms with Gasteiger partial charge in [0.25, 0.3) is 0 Å². The van der Waals surface area contributed by atoms with Gasteiger partial charge in [-0.2, -0.15) is 0 Å². The molecule has 244 valence electrons. The number of morpholine rings is 1. The number of para-hydroxylation sites is 1. The van der Waals surface area contributed by atoms with Gasteiger partial charge in [-0.05, 0) is 40.5 Å². The van der Waals surface area contributed by atoms with Crippen LogP contribution in [0.3, 0.4) is 0 Å². The monoisotopic (exact) mass is 648 g/mol. The van der Waals surface area contributed by atoms with Crippen molar-refractivity contribution in [3.8, 4) is 5.75 Å². The minimum absolute atomic E-state index is 0.0431. The summed E-state index contributed by atoms with van der Waals surface area (Å²) in [7, 11) is 1.44. The first-order valence-electron chi connectivity index (χ1n) is 15.5. The fourth-order valence-electron chi connectivity index (χ4n) is 7.76. The van der Waals surface area contributed by atoms with Crippen molar-refractivity contribution in [1.29, 1.82) is 0 Å². The van der Waals surface area contributed by atoms with Crippen LogP contribution in [0.4, 0.5) is 10.5 Å². The van der Waals surface area contributed by atoms with E-state index in [2.05, 4.69) is 0 Å². The van der Waals surface area contributed by atoms with Crippen LogP contribution in [0.15, 0.2) is 109 Å². The summed E-state index contributed by atoms with van der Waals surface area (Å²) in [5, 5.41) is 21.4. The molecule has 11 heteroatoms. The van der Waals surface area contributed by atoms with Crippen LogP contribution < -0.4 is 4.90 Å². The number of rotatable bonds is 7. The van der Waals surface area contributed by atoms with Crippen LogP contribution in [0.1, 0.15) is 40.4 Å². The number of benzene rings is 4. The summed E-state index contributed by atoms with van der Waals surface area (Å²) in [6.45, 7) is -0.0658. The molecule has 3 heterocycles. The number of aromatic hydroxyl groups is 1. The van der Waals surface area contributed by atoms with Crippen molar-refractivity contribution in [1.82, 2.24) is 4.90 Å². The summed E-state index contributed by atoms with van der Waals surface area (Å²) in [6.07, 6.45) is -1.88. The summed E-state index contributed by atoms with van der Waals surface area (Å²) in [4.78, 5) is 59.4. The van der Waals surface area contributed by atoms with Crippen molar-refractivity contribution in [3.05, 3.63) is 131 Å². The third-order valence-corrected chi connectivity index (χ3v) is 9.54. The van der Waals surface area contributed by atoms with E-state index < -0.39 is 59.5 Å². The van der Waals surface area contributed by atoms with E-state index >= 15 is 4.79 Å². The molecular weight excluding hydrogens is 616 g/mol. The smallest absolute Gasteiger partial charge is 0.421 e. The number of methoxy groups -OCH3 is 1. The Morgan fingerprint density at radius 2 is 1.42 bits per heavy atom. The quantitative estimate of drug-likeness (QED) is 0.209. The number of fused-ring (bicyclic) bond motifs is 3. The number of anilines is 1. The predicted molar refractivity (Wildman–Crippen MR) is 171 cm³/mol. The number of hydrogen-bond acceptors (Lipinski definition) is 9. The molecule has 2 N–H and O–H groups in total. The normalized spacial score (nSPS) is 26.2. The van der Waals surface area contributed by atoms with Gasteiger partial charge < -0.3 is 24.4 Å². The molecule has 48 heavy (non-hydrogen) atoms. The van der Waals surface area contributed by atoms with Crippen molar-refractivity contribution >= 4 is 29.6 Å². The van der Waals surface area contributed by atoms with Crippen LogP contribution in [0, 0.1) is 5.92 Å². The molecular formula is C37H32N2O9. The number of aliphatic carboxylic acids is 1. The molecule has 3 aliphatic rings. The molecule has 6 unspecified atom stereocenters. The number of carboxylic acids is 1. The number of phenolic OH excluding ortho intramolecular Hbond substituents is 1. The van der Waals surface area contributed by atoms with E-state index in [4.69, 9.17) is 14.2 Å².